The molecule has 0 fully saturated rings. The van der Waals surface area contributed by atoms with Gasteiger partial charge in [-0.25, -0.2) is 0 Å². The van der Waals surface area contributed by atoms with E-state index < -0.39 is 0 Å². The first-order valence-electron chi connectivity index (χ1n) is 6.23. The summed E-state index contributed by atoms with van der Waals surface area (Å²) >= 11 is 1.91. The van der Waals surface area contributed by atoms with Gasteiger partial charge in [-0.2, -0.15) is 16.9 Å². The molecule has 0 unspecified atom stereocenters. The van der Waals surface area contributed by atoms with Crippen molar-refractivity contribution in [2.75, 3.05) is 23.9 Å². The minimum Gasteiger partial charge on any atom is -0.385 e. The van der Waals surface area contributed by atoms with Crippen molar-refractivity contribution in [2.45, 2.75) is 12.8 Å². The molecule has 1 aromatic heterocycles. The molecule has 2 rings (SSSR count). The fourth-order valence-corrected chi connectivity index (χ4v) is 2.31. The SMILES string of the molecule is CSCCCCNc1cccc(-c2ccn[nH]2)c1. The molecular weight excluding hydrogens is 242 g/mol. The third-order valence-corrected chi connectivity index (χ3v) is 3.48. The van der Waals surface area contributed by atoms with Crippen LogP contribution in [-0.2, 0) is 0 Å². The summed E-state index contributed by atoms with van der Waals surface area (Å²) in [5, 5.41) is 10.4. The summed E-state index contributed by atoms with van der Waals surface area (Å²) in [5.74, 6) is 1.25. The largest absolute Gasteiger partial charge is 0.385 e. The molecule has 0 saturated carbocycles. The van der Waals surface area contributed by atoms with E-state index in [0.717, 1.165) is 12.2 Å². The quantitative estimate of drug-likeness (QED) is 0.748. The van der Waals surface area contributed by atoms with Gasteiger partial charge in [0.05, 0.1) is 5.69 Å². The number of rotatable bonds is 7. The number of benzene rings is 1. The van der Waals surface area contributed by atoms with Crippen LogP contribution in [0.25, 0.3) is 11.3 Å². The molecule has 0 aliphatic carbocycles. The molecule has 0 bridgehead atoms. The minimum absolute atomic E-state index is 1.03. The van der Waals surface area contributed by atoms with Crippen LogP contribution in [0.2, 0.25) is 0 Å². The molecule has 0 aliphatic rings. The van der Waals surface area contributed by atoms with Gasteiger partial charge >= 0.3 is 0 Å². The fourth-order valence-electron chi connectivity index (χ4n) is 1.82. The van der Waals surface area contributed by atoms with E-state index in [4.69, 9.17) is 0 Å². The number of hydrogen-bond acceptors (Lipinski definition) is 3. The molecule has 0 spiro atoms. The molecule has 96 valence electrons. The number of aromatic amines is 1. The van der Waals surface area contributed by atoms with Gasteiger partial charge in [0.2, 0.25) is 0 Å². The van der Waals surface area contributed by atoms with Crippen molar-refractivity contribution >= 4 is 17.4 Å². The molecule has 1 heterocycles. The van der Waals surface area contributed by atoms with Gasteiger partial charge in [0.1, 0.15) is 0 Å². The number of nitrogens with one attached hydrogen (secondary N) is 2. The standard InChI is InChI=1S/C14H19N3S/c1-18-10-3-2-8-15-13-6-4-5-12(11-13)14-7-9-16-17-14/h4-7,9,11,15H,2-3,8,10H2,1H3,(H,16,17). The highest BCUT2D eigenvalue weighted by atomic mass is 32.2. The summed E-state index contributed by atoms with van der Waals surface area (Å²) in [6, 6.07) is 10.4. The maximum Gasteiger partial charge on any atom is 0.0650 e. The number of hydrogen-bond donors (Lipinski definition) is 2. The third kappa shape index (κ3) is 3.81. The lowest BCUT2D eigenvalue weighted by Crippen LogP contribution is -2.01. The normalized spacial score (nSPS) is 10.5. The van der Waals surface area contributed by atoms with Crippen molar-refractivity contribution in [1.82, 2.24) is 10.2 Å². The van der Waals surface area contributed by atoms with E-state index in [1.165, 1.54) is 29.8 Å². The highest BCUT2D eigenvalue weighted by Gasteiger charge is 1.99. The van der Waals surface area contributed by atoms with Crippen LogP contribution in [0.3, 0.4) is 0 Å². The Morgan fingerprint density at radius 1 is 1.28 bits per heavy atom. The first-order valence-corrected chi connectivity index (χ1v) is 7.62. The fraction of sp³-hybridized carbons (Fsp3) is 0.357. The van der Waals surface area contributed by atoms with E-state index in [1.54, 1.807) is 6.20 Å². The van der Waals surface area contributed by atoms with E-state index in [-0.39, 0.29) is 0 Å². The van der Waals surface area contributed by atoms with Crippen LogP contribution in [0.1, 0.15) is 12.8 Å². The van der Waals surface area contributed by atoms with E-state index >= 15 is 0 Å². The van der Waals surface area contributed by atoms with Gasteiger partial charge in [0.15, 0.2) is 0 Å². The van der Waals surface area contributed by atoms with Gasteiger partial charge in [0.25, 0.3) is 0 Å². The van der Waals surface area contributed by atoms with Crippen molar-refractivity contribution in [3.05, 3.63) is 36.5 Å². The molecule has 0 atom stereocenters. The maximum atomic E-state index is 3.98. The number of unbranched alkanes of at least 4 members (excludes halogenated alkanes) is 1. The van der Waals surface area contributed by atoms with Crippen LogP contribution < -0.4 is 5.32 Å². The second kappa shape index (κ2) is 7.11. The summed E-state index contributed by atoms with van der Waals surface area (Å²) in [6.07, 6.45) is 6.42. The smallest absolute Gasteiger partial charge is 0.0650 e. The van der Waals surface area contributed by atoms with Crippen LogP contribution in [0.15, 0.2) is 36.5 Å². The third-order valence-electron chi connectivity index (χ3n) is 2.78. The topological polar surface area (TPSA) is 40.7 Å². The molecule has 0 radical (unpaired) electrons. The maximum absolute atomic E-state index is 3.98. The van der Waals surface area contributed by atoms with E-state index in [0.29, 0.717) is 0 Å². The predicted molar refractivity (Wildman–Crippen MR) is 80.1 cm³/mol. The molecule has 18 heavy (non-hydrogen) atoms. The highest BCUT2D eigenvalue weighted by Crippen LogP contribution is 2.20. The number of thioether (sulfide) groups is 1. The number of anilines is 1. The Morgan fingerprint density at radius 3 is 3.00 bits per heavy atom. The van der Waals surface area contributed by atoms with Gasteiger partial charge in [-0.1, -0.05) is 12.1 Å². The van der Waals surface area contributed by atoms with Gasteiger partial charge in [-0.3, -0.25) is 5.10 Å². The number of aromatic nitrogens is 2. The summed E-state index contributed by atoms with van der Waals surface area (Å²) in [6.45, 7) is 1.03. The zero-order chi connectivity index (χ0) is 12.6. The van der Waals surface area contributed by atoms with Crippen molar-refractivity contribution in [3.63, 3.8) is 0 Å². The van der Waals surface area contributed by atoms with Crippen LogP contribution >= 0.6 is 11.8 Å². The van der Waals surface area contributed by atoms with Gasteiger partial charge in [-0.05, 0) is 43.0 Å². The van der Waals surface area contributed by atoms with Crippen molar-refractivity contribution < 1.29 is 0 Å². The Kier molecular flexibility index (Phi) is 5.15. The Labute approximate surface area is 112 Å². The van der Waals surface area contributed by atoms with Crippen LogP contribution in [0.4, 0.5) is 5.69 Å². The molecule has 3 nitrogen and oxygen atoms in total. The van der Waals surface area contributed by atoms with Crippen molar-refractivity contribution in [2.24, 2.45) is 0 Å². The van der Waals surface area contributed by atoms with Gasteiger partial charge in [-0.15, -0.1) is 0 Å². The lowest BCUT2D eigenvalue weighted by Gasteiger charge is -2.07. The van der Waals surface area contributed by atoms with Gasteiger partial charge in [0, 0.05) is 24.0 Å². The lowest BCUT2D eigenvalue weighted by molar-refractivity contribution is 0.843. The molecule has 0 amide bonds. The lowest BCUT2D eigenvalue weighted by atomic mass is 10.1. The predicted octanol–water partition coefficient (Wildman–Crippen LogP) is 3.63. The van der Waals surface area contributed by atoms with Gasteiger partial charge < -0.3 is 5.32 Å². The molecule has 1 aromatic carbocycles. The first kappa shape index (κ1) is 13.0. The monoisotopic (exact) mass is 261 g/mol. The highest BCUT2D eigenvalue weighted by molar-refractivity contribution is 7.98. The van der Waals surface area contributed by atoms with Crippen molar-refractivity contribution in [1.29, 1.82) is 0 Å². The molecular formula is C14H19N3S. The van der Waals surface area contributed by atoms with E-state index in [9.17, 15) is 0 Å². The molecule has 0 saturated heterocycles. The van der Waals surface area contributed by atoms with Crippen LogP contribution in [-0.4, -0.2) is 28.8 Å². The van der Waals surface area contributed by atoms with Crippen LogP contribution in [0.5, 0.6) is 0 Å². The Hall–Kier alpha value is -1.42. The molecule has 4 heteroatoms. The second-order valence-electron chi connectivity index (χ2n) is 4.18. The summed E-state index contributed by atoms with van der Waals surface area (Å²) in [5.41, 5.74) is 3.40. The average molecular weight is 261 g/mol. The summed E-state index contributed by atoms with van der Waals surface area (Å²) in [4.78, 5) is 0. The first-order chi connectivity index (χ1) is 8.90. The Bertz CT molecular complexity index is 454. The van der Waals surface area contributed by atoms with Crippen LogP contribution in [0, 0.1) is 0 Å². The Balaban J connectivity index is 1.88. The Morgan fingerprint density at radius 2 is 2.22 bits per heavy atom. The van der Waals surface area contributed by atoms with E-state index in [1.807, 2.05) is 17.8 Å². The number of H-pyrrole nitrogens is 1. The molecule has 0 aliphatic heterocycles. The molecule has 2 aromatic rings. The summed E-state index contributed by atoms with van der Waals surface area (Å²) < 4.78 is 0. The second-order valence-corrected chi connectivity index (χ2v) is 5.16. The number of nitrogens with zero attached hydrogens (tertiary/aromatic N) is 1. The zero-order valence-corrected chi connectivity index (χ0v) is 11.5. The molecule has 2 N–H and O–H groups in total. The van der Waals surface area contributed by atoms with Crippen molar-refractivity contribution in [3.8, 4) is 11.3 Å². The summed E-state index contributed by atoms with van der Waals surface area (Å²) in [7, 11) is 0. The minimum atomic E-state index is 1.03. The average Bonchev–Trinajstić information content (AvgIpc) is 2.93. The van der Waals surface area contributed by atoms with E-state index in [2.05, 4.69) is 46.0 Å². The zero-order valence-electron chi connectivity index (χ0n) is 10.6.